The van der Waals surface area contributed by atoms with Crippen LogP contribution in [0.3, 0.4) is 0 Å². The zero-order valence-corrected chi connectivity index (χ0v) is 18.3. The second-order valence-corrected chi connectivity index (χ2v) is 7.52. The first-order valence-electron chi connectivity index (χ1n) is 9.04. The highest BCUT2D eigenvalue weighted by Crippen LogP contribution is 2.17. The number of hydrogen-bond acceptors (Lipinski definition) is 4. The quantitative estimate of drug-likeness (QED) is 0.350. The van der Waals surface area contributed by atoms with Crippen molar-refractivity contribution < 1.29 is 0 Å². The predicted octanol–water partition coefficient (Wildman–Crippen LogP) is 4.79. The molecule has 0 aliphatic carbocycles. The highest BCUT2D eigenvalue weighted by molar-refractivity contribution is 7.28. The topological polar surface area (TPSA) is 49.4 Å². The average molecular weight is 396 g/mol. The van der Waals surface area contributed by atoms with E-state index in [1.165, 1.54) is 0 Å². The third-order valence-corrected chi connectivity index (χ3v) is 4.97. The Morgan fingerprint density at radius 3 is 1.56 bits per heavy atom. The zero-order chi connectivity index (χ0) is 19.5. The van der Waals surface area contributed by atoms with Gasteiger partial charge in [0.05, 0.1) is 23.4 Å². The van der Waals surface area contributed by atoms with Gasteiger partial charge in [0, 0.05) is 13.1 Å². The molecule has 0 N–H and O–H groups in total. The summed E-state index contributed by atoms with van der Waals surface area (Å²) in [5.74, 6) is 0. The molecule has 2 atom stereocenters. The minimum Gasteiger partial charge on any atom is -0.225 e. The lowest BCUT2D eigenvalue weighted by atomic mass is 10.2. The molecule has 2 rings (SSSR count). The van der Waals surface area contributed by atoms with Gasteiger partial charge in [-0.15, -0.1) is 18.5 Å². The van der Waals surface area contributed by atoms with Crippen molar-refractivity contribution in [3.63, 3.8) is 0 Å². The van der Waals surface area contributed by atoms with Gasteiger partial charge in [-0.2, -0.15) is 9.98 Å². The molecule has 0 aliphatic heterocycles. The van der Waals surface area contributed by atoms with E-state index in [-0.39, 0.29) is 0 Å². The first-order valence-corrected chi connectivity index (χ1v) is 10.2. The van der Waals surface area contributed by atoms with Crippen molar-refractivity contribution in [2.75, 3.05) is 13.1 Å². The first-order chi connectivity index (χ1) is 13.1. The van der Waals surface area contributed by atoms with Crippen LogP contribution in [0.2, 0.25) is 0 Å². The highest BCUT2D eigenvalue weighted by Gasteiger charge is 1.99. The number of benzene rings is 2. The molecule has 2 aromatic rings. The van der Waals surface area contributed by atoms with Gasteiger partial charge in [-0.05, 0) is 54.8 Å². The maximum atomic E-state index is 4.33. The number of aryl methyl sites for hydroxylation is 2. The maximum absolute atomic E-state index is 4.33. The van der Waals surface area contributed by atoms with Gasteiger partial charge in [0.25, 0.3) is 0 Å². The van der Waals surface area contributed by atoms with Crippen LogP contribution in [0.4, 0.5) is 11.4 Å². The van der Waals surface area contributed by atoms with Crippen LogP contribution in [-0.4, -0.2) is 25.1 Å². The van der Waals surface area contributed by atoms with E-state index in [4.69, 9.17) is 0 Å². The Kier molecular flexibility index (Phi) is 9.26. The molecule has 0 amide bonds. The predicted molar refractivity (Wildman–Crippen MR) is 124 cm³/mol. The molecular formula is C21H26N4P2. The van der Waals surface area contributed by atoms with Crippen LogP contribution in [0.25, 0.3) is 0 Å². The van der Waals surface area contributed by atoms with Crippen molar-refractivity contribution >= 4 is 52.5 Å². The monoisotopic (exact) mass is 396 g/mol. The van der Waals surface area contributed by atoms with Crippen molar-refractivity contribution in [3.05, 3.63) is 47.5 Å². The zero-order valence-electron chi connectivity index (χ0n) is 15.9. The van der Waals surface area contributed by atoms with E-state index in [0.29, 0.717) is 0 Å². The number of hydrogen-bond donors (Lipinski definition) is 0. The summed E-state index contributed by atoms with van der Waals surface area (Å²) in [5, 5.41) is 2.13. The average Bonchev–Trinajstić information content (AvgIpc) is 2.63. The summed E-state index contributed by atoms with van der Waals surface area (Å²) in [6, 6.07) is 17.8. The molecule has 140 valence electrons. The number of nitrogens with zero attached hydrogens (tertiary/aromatic N) is 4. The molecule has 0 radical (unpaired) electrons. The SMILES string of the molecule is Cc1cccc(P)c1N=C=NCCCCCN=C=Nc1c(C)cccc1P. The molecule has 0 aromatic heterocycles. The van der Waals surface area contributed by atoms with Crippen molar-refractivity contribution in [2.24, 2.45) is 20.0 Å². The minimum atomic E-state index is 0.735. The molecule has 0 heterocycles. The van der Waals surface area contributed by atoms with Gasteiger partial charge in [-0.3, -0.25) is 0 Å². The van der Waals surface area contributed by atoms with Crippen LogP contribution >= 0.6 is 18.5 Å². The molecule has 2 aromatic carbocycles. The van der Waals surface area contributed by atoms with Crippen LogP contribution in [0.1, 0.15) is 30.4 Å². The van der Waals surface area contributed by atoms with Crippen LogP contribution in [0, 0.1) is 13.8 Å². The molecule has 0 bridgehead atoms. The van der Waals surface area contributed by atoms with Crippen LogP contribution in [0.15, 0.2) is 56.4 Å². The van der Waals surface area contributed by atoms with Gasteiger partial charge in [-0.25, -0.2) is 9.98 Å². The Balaban J connectivity index is 1.69. The summed E-state index contributed by atoms with van der Waals surface area (Å²) in [6.45, 7) is 5.55. The standard InChI is InChI=1S/C21H26N4P2/c1-16-8-6-10-18(26)20(16)24-14-22-12-4-3-5-13-23-15-25-21-17(2)9-7-11-19(21)27/h6-11H,3-5,12-13,26-27H2,1-2H3. The Hall–Kier alpha value is -1.94. The number of aliphatic imine (C=N–C) groups is 4. The lowest BCUT2D eigenvalue weighted by Crippen LogP contribution is -1.92. The van der Waals surface area contributed by atoms with Gasteiger partial charge < -0.3 is 0 Å². The molecule has 0 spiro atoms. The second-order valence-electron chi connectivity index (χ2n) is 6.27. The number of rotatable bonds is 8. The largest absolute Gasteiger partial charge is 0.225 e. The third-order valence-electron chi connectivity index (χ3n) is 4.04. The summed E-state index contributed by atoms with van der Waals surface area (Å²) in [5.41, 5.74) is 4.12. The summed E-state index contributed by atoms with van der Waals surface area (Å²) < 4.78 is 0. The molecule has 4 nitrogen and oxygen atoms in total. The molecular weight excluding hydrogens is 370 g/mol. The Labute approximate surface area is 166 Å². The fourth-order valence-corrected chi connectivity index (χ4v) is 3.30. The van der Waals surface area contributed by atoms with Crippen LogP contribution in [0.5, 0.6) is 0 Å². The van der Waals surface area contributed by atoms with Gasteiger partial charge >= 0.3 is 0 Å². The van der Waals surface area contributed by atoms with E-state index in [9.17, 15) is 0 Å². The smallest absolute Gasteiger partial charge is 0.0949 e. The summed E-state index contributed by atoms with van der Waals surface area (Å²) in [4.78, 5) is 17.2. The van der Waals surface area contributed by atoms with Crippen molar-refractivity contribution in [1.29, 1.82) is 0 Å². The van der Waals surface area contributed by atoms with E-state index in [1.807, 2.05) is 50.2 Å². The number of para-hydroxylation sites is 2. The summed E-state index contributed by atoms with van der Waals surface area (Å²) >= 11 is 0. The minimum absolute atomic E-state index is 0.735. The van der Waals surface area contributed by atoms with Crippen molar-refractivity contribution in [2.45, 2.75) is 33.1 Å². The van der Waals surface area contributed by atoms with E-state index in [0.717, 1.165) is 65.5 Å². The maximum Gasteiger partial charge on any atom is 0.0949 e. The second kappa shape index (κ2) is 11.7. The molecule has 0 aliphatic rings. The van der Waals surface area contributed by atoms with Gasteiger partial charge in [-0.1, -0.05) is 36.4 Å². The molecule has 2 unspecified atom stereocenters. The first kappa shape index (κ1) is 21.4. The molecule has 0 saturated heterocycles. The fraction of sp³-hybridized carbons (Fsp3) is 0.333. The molecule has 6 heteroatoms. The third kappa shape index (κ3) is 7.30. The van der Waals surface area contributed by atoms with E-state index in [2.05, 4.69) is 50.5 Å². The van der Waals surface area contributed by atoms with Crippen molar-refractivity contribution in [3.8, 4) is 0 Å². The van der Waals surface area contributed by atoms with Crippen LogP contribution in [-0.2, 0) is 0 Å². The lowest BCUT2D eigenvalue weighted by molar-refractivity contribution is 0.698. The number of unbranched alkanes of at least 4 members (excludes halogenated alkanes) is 2. The van der Waals surface area contributed by atoms with Gasteiger partial charge in [0.1, 0.15) is 0 Å². The lowest BCUT2D eigenvalue weighted by Gasteiger charge is -2.00. The van der Waals surface area contributed by atoms with E-state index < -0.39 is 0 Å². The van der Waals surface area contributed by atoms with Crippen LogP contribution < -0.4 is 10.6 Å². The van der Waals surface area contributed by atoms with Gasteiger partial charge in [0.2, 0.25) is 0 Å². The molecule has 0 fully saturated rings. The highest BCUT2D eigenvalue weighted by atomic mass is 31.0. The van der Waals surface area contributed by atoms with Gasteiger partial charge in [0.15, 0.2) is 0 Å². The normalized spacial score (nSPS) is 9.93. The Morgan fingerprint density at radius 2 is 1.15 bits per heavy atom. The summed E-state index contributed by atoms with van der Waals surface area (Å²) in [6.07, 6.45) is 3.07. The Bertz CT molecular complexity index is 779. The Morgan fingerprint density at radius 1 is 0.704 bits per heavy atom. The van der Waals surface area contributed by atoms with E-state index in [1.54, 1.807) is 0 Å². The van der Waals surface area contributed by atoms with E-state index >= 15 is 0 Å². The molecule has 27 heavy (non-hydrogen) atoms. The molecule has 0 saturated carbocycles. The fourth-order valence-electron chi connectivity index (χ4n) is 2.50. The summed E-state index contributed by atoms with van der Waals surface area (Å²) in [7, 11) is 5.39. The van der Waals surface area contributed by atoms with Crippen molar-refractivity contribution in [1.82, 2.24) is 0 Å².